The Labute approximate surface area is 227 Å². The monoisotopic (exact) mass is 533 g/mol. The molecule has 1 aliphatic rings. The molecule has 38 heavy (non-hydrogen) atoms. The maximum absolute atomic E-state index is 14.4. The van der Waals surface area contributed by atoms with Gasteiger partial charge in [-0.1, -0.05) is 59.3 Å². The van der Waals surface area contributed by atoms with Crippen molar-refractivity contribution in [1.29, 1.82) is 0 Å². The van der Waals surface area contributed by atoms with Gasteiger partial charge in [0.05, 0.1) is 27.2 Å². The first-order valence-corrected chi connectivity index (χ1v) is 13.9. The Morgan fingerprint density at radius 1 is 1.00 bits per heavy atom. The number of hydrogen-bond donors (Lipinski definition) is 2. The van der Waals surface area contributed by atoms with Gasteiger partial charge < -0.3 is 25.3 Å². The normalized spacial score (nSPS) is 16.2. The molecule has 1 aliphatic carbocycles. The molecule has 1 aromatic carbocycles. The van der Waals surface area contributed by atoms with Crippen LogP contribution in [-0.4, -0.2) is 56.7 Å². The molecular formula is C29H47N3O6. The summed E-state index contributed by atoms with van der Waals surface area (Å²) in [5, 5.41) is 2.77. The van der Waals surface area contributed by atoms with Gasteiger partial charge in [-0.05, 0) is 48.8 Å². The van der Waals surface area contributed by atoms with Gasteiger partial charge in [-0.3, -0.25) is 14.5 Å². The Morgan fingerprint density at radius 3 is 2.08 bits per heavy atom. The van der Waals surface area contributed by atoms with Crippen LogP contribution in [0, 0.1) is 11.8 Å². The number of ether oxygens (including phenoxy) is 3. The molecule has 0 bridgehead atoms. The van der Waals surface area contributed by atoms with Crippen LogP contribution < -0.4 is 25.3 Å². The van der Waals surface area contributed by atoms with Crippen LogP contribution >= 0.6 is 0 Å². The number of nitrogens with zero attached hydrogens (tertiary/aromatic N) is 1. The molecule has 9 nitrogen and oxygen atoms in total. The van der Waals surface area contributed by atoms with Crippen molar-refractivity contribution in [2.45, 2.75) is 90.5 Å². The third kappa shape index (κ3) is 7.77. The van der Waals surface area contributed by atoms with Gasteiger partial charge >= 0.3 is 6.03 Å². The zero-order valence-corrected chi connectivity index (χ0v) is 24.0. The second-order valence-corrected chi connectivity index (χ2v) is 10.2. The summed E-state index contributed by atoms with van der Waals surface area (Å²) in [6, 6.07) is 2.18. The Balaban J connectivity index is 2.55. The van der Waals surface area contributed by atoms with Crippen LogP contribution in [0.15, 0.2) is 12.1 Å². The lowest BCUT2D eigenvalue weighted by Crippen LogP contribution is -2.55. The fourth-order valence-corrected chi connectivity index (χ4v) is 5.30. The van der Waals surface area contributed by atoms with Crippen molar-refractivity contribution in [3.8, 4) is 17.2 Å². The van der Waals surface area contributed by atoms with Crippen molar-refractivity contribution in [2.75, 3.05) is 27.9 Å². The maximum Gasteiger partial charge on any atom is 0.324 e. The highest BCUT2D eigenvalue weighted by molar-refractivity contribution is 5.99. The molecular weight excluding hydrogens is 486 g/mol. The Kier molecular flexibility index (Phi) is 12.7. The number of unbranched alkanes of at least 4 members (excludes halogenated alkanes) is 2. The minimum atomic E-state index is -0.858. The van der Waals surface area contributed by atoms with E-state index in [1.807, 2.05) is 26.0 Å². The highest BCUT2D eigenvalue weighted by Gasteiger charge is 2.38. The van der Waals surface area contributed by atoms with Crippen LogP contribution in [0.2, 0.25) is 0 Å². The number of nitrogens with one attached hydrogen (secondary N) is 1. The number of hydrogen-bond acceptors (Lipinski definition) is 6. The first-order chi connectivity index (χ1) is 18.2. The van der Waals surface area contributed by atoms with Crippen molar-refractivity contribution in [1.82, 2.24) is 10.2 Å². The third-order valence-corrected chi connectivity index (χ3v) is 7.73. The summed E-state index contributed by atoms with van der Waals surface area (Å²) < 4.78 is 16.7. The summed E-state index contributed by atoms with van der Waals surface area (Å²) in [6.45, 7) is 6.12. The maximum atomic E-state index is 14.4. The molecule has 9 heteroatoms. The van der Waals surface area contributed by atoms with E-state index >= 15 is 0 Å². The summed E-state index contributed by atoms with van der Waals surface area (Å²) >= 11 is 0. The minimum Gasteiger partial charge on any atom is -0.493 e. The highest BCUT2D eigenvalue weighted by atomic mass is 16.5. The SMILES string of the molecule is CCCCCN(C(=O)N[C@H](C(N)=O)[C@@H](C)CC)C(=O)C(c1cc(OC)c(OC)c(OC)c1)C1CCCCC1. The average Bonchev–Trinajstić information content (AvgIpc) is 2.93. The van der Waals surface area contributed by atoms with Crippen molar-refractivity contribution in [2.24, 2.45) is 17.6 Å². The van der Waals surface area contributed by atoms with Gasteiger partial charge in [0.25, 0.3) is 0 Å². The van der Waals surface area contributed by atoms with E-state index in [9.17, 15) is 14.4 Å². The molecule has 1 fully saturated rings. The van der Waals surface area contributed by atoms with Crippen molar-refractivity contribution in [3.63, 3.8) is 0 Å². The molecule has 1 saturated carbocycles. The van der Waals surface area contributed by atoms with Gasteiger partial charge in [-0.25, -0.2) is 4.79 Å². The molecule has 4 amide bonds. The molecule has 1 aromatic rings. The largest absolute Gasteiger partial charge is 0.493 e. The average molecular weight is 534 g/mol. The fraction of sp³-hybridized carbons (Fsp3) is 0.690. The summed E-state index contributed by atoms with van der Waals surface area (Å²) in [7, 11) is 4.62. The van der Waals surface area contributed by atoms with E-state index in [0.717, 1.165) is 50.5 Å². The number of amides is 4. The Bertz CT molecular complexity index is 906. The lowest BCUT2D eigenvalue weighted by Gasteiger charge is -2.34. The standard InChI is InChI=1S/C29H47N3O6/c1-7-9-13-16-32(29(35)31-25(27(30)33)19(3)8-2)28(34)24(20-14-11-10-12-15-20)21-17-22(36-4)26(38-6)23(18-21)37-5/h17-20,24-25H,7-16H2,1-6H3,(H2,30,33)(H,31,35)/t19-,24?,25-/m0/s1. The van der Waals surface area contributed by atoms with Gasteiger partial charge in [-0.2, -0.15) is 0 Å². The highest BCUT2D eigenvalue weighted by Crippen LogP contribution is 2.44. The number of methoxy groups -OCH3 is 3. The van der Waals surface area contributed by atoms with Crippen LogP contribution in [0.25, 0.3) is 0 Å². The topological polar surface area (TPSA) is 120 Å². The molecule has 0 saturated heterocycles. The number of carbonyl (C=O) groups excluding carboxylic acids is 3. The molecule has 0 heterocycles. The van der Waals surface area contributed by atoms with E-state index in [-0.39, 0.29) is 24.3 Å². The summed E-state index contributed by atoms with van der Waals surface area (Å²) in [5.74, 6) is -0.202. The molecule has 1 unspecified atom stereocenters. The van der Waals surface area contributed by atoms with E-state index in [2.05, 4.69) is 12.2 Å². The number of rotatable bonds is 14. The molecule has 0 radical (unpaired) electrons. The van der Waals surface area contributed by atoms with Gasteiger partial charge in [0.2, 0.25) is 17.6 Å². The molecule has 0 aromatic heterocycles. The molecule has 2 rings (SSSR count). The van der Waals surface area contributed by atoms with Crippen LogP contribution in [0.1, 0.15) is 90.0 Å². The molecule has 3 atom stereocenters. The Hall–Kier alpha value is -2.97. The van der Waals surface area contributed by atoms with E-state index in [1.54, 1.807) is 14.2 Å². The van der Waals surface area contributed by atoms with Gasteiger partial charge in [-0.15, -0.1) is 0 Å². The van der Waals surface area contributed by atoms with Crippen molar-refractivity contribution >= 4 is 17.8 Å². The second-order valence-electron chi connectivity index (χ2n) is 10.2. The van der Waals surface area contributed by atoms with E-state index < -0.39 is 23.9 Å². The molecule has 3 N–H and O–H groups in total. The van der Waals surface area contributed by atoms with Crippen molar-refractivity contribution < 1.29 is 28.6 Å². The minimum absolute atomic E-state index is 0.0574. The lowest BCUT2D eigenvalue weighted by atomic mass is 9.76. The molecule has 0 aliphatic heterocycles. The van der Waals surface area contributed by atoms with E-state index in [1.165, 1.54) is 12.0 Å². The van der Waals surface area contributed by atoms with Gasteiger partial charge in [0.1, 0.15) is 6.04 Å². The zero-order valence-electron chi connectivity index (χ0n) is 24.0. The van der Waals surface area contributed by atoms with Crippen LogP contribution in [0.4, 0.5) is 4.79 Å². The van der Waals surface area contributed by atoms with Gasteiger partial charge in [0, 0.05) is 6.54 Å². The first kappa shape index (κ1) is 31.2. The number of urea groups is 1. The number of carbonyl (C=O) groups is 3. The van der Waals surface area contributed by atoms with Crippen LogP contribution in [0.3, 0.4) is 0 Å². The van der Waals surface area contributed by atoms with Gasteiger partial charge in [0.15, 0.2) is 11.5 Å². The first-order valence-electron chi connectivity index (χ1n) is 13.9. The number of imide groups is 1. The lowest BCUT2D eigenvalue weighted by molar-refractivity contribution is -0.132. The summed E-state index contributed by atoms with van der Waals surface area (Å²) in [4.78, 5) is 41.4. The smallest absolute Gasteiger partial charge is 0.324 e. The number of primary amides is 1. The molecule has 214 valence electrons. The predicted molar refractivity (Wildman–Crippen MR) is 148 cm³/mol. The quantitative estimate of drug-likeness (QED) is 0.325. The second kappa shape index (κ2) is 15.4. The van der Waals surface area contributed by atoms with Crippen molar-refractivity contribution in [3.05, 3.63) is 17.7 Å². The summed E-state index contributed by atoms with van der Waals surface area (Å²) in [5.41, 5.74) is 6.34. The van der Waals surface area contributed by atoms with E-state index in [4.69, 9.17) is 19.9 Å². The third-order valence-electron chi connectivity index (χ3n) is 7.73. The number of benzene rings is 1. The van der Waals surface area contributed by atoms with E-state index in [0.29, 0.717) is 30.1 Å². The number of nitrogens with two attached hydrogens (primary N) is 1. The molecule has 0 spiro atoms. The Morgan fingerprint density at radius 2 is 1.61 bits per heavy atom. The fourth-order valence-electron chi connectivity index (χ4n) is 5.30. The summed E-state index contributed by atoms with van der Waals surface area (Å²) in [6.07, 6.45) is 8.10. The predicted octanol–water partition coefficient (Wildman–Crippen LogP) is 5.00. The van der Waals surface area contributed by atoms with Crippen LogP contribution in [0.5, 0.6) is 17.2 Å². The zero-order chi connectivity index (χ0) is 28.2. The van der Waals surface area contributed by atoms with Crippen LogP contribution in [-0.2, 0) is 9.59 Å².